The molecule has 108 valence electrons. The SMILES string of the molecule is CCn1c(C(C)(C)C)nc2cc(N(C)C(C)=O)ccc21. The highest BCUT2D eigenvalue weighted by Crippen LogP contribution is 2.28. The van der Waals surface area contributed by atoms with Crippen LogP contribution in [0.25, 0.3) is 11.0 Å². The zero-order chi connectivity index (χ0) is 15.1. The highest BCUT2D eigenvalue weighted by Gasteiger charge is 2.22. The van der Waals surface area contributed by atoms with Crippen molar-refractivity contribution >= 4 is 22.6 Å². The predicted molar refractivity (Wildman–Crippen MR) is 83.2 cm³/mol. The lowest BCUT2D eigenvalue weighted by Crippen LogP contribution is -2.22. The fourth-order valence-corrected chi connectivity index (χ4v) is 2.40. The van der Waals surface area contributed by atoms with Crippen molar-refractivity contribution in [3.05, 3.63) is 24.0 Å². The van der Waals surface area contributed by atoms with Gasteiger partial charge in [-0.05, 0) is 25.1 Å². The van der Waals surface area contributed by atoms with Gasteiger partial charge in [0.25, 0.3) is 0 Å². The second-order valence-corrected chi connectivity index (χ2v) is 6.18. The van der Waals surface area contributed by atoms with E-state index < -0.39 is 0 Å². The number of aryl methyl sites for hydroxylation is 1. The van der Waals surface area contributed by atoms with Gasteiger partial charge >= 0.3 is 0 Å². The Morgan fingerprint density at radius 1 is 1.35 bits per heavy atom. The van der Waals surface area contributed by atoms with Gasteiger partial charge in [0.05, 0.1) is 11.0 Å². The molecular weight excluding hydrogens is 250 g/mol. The minimum atomic E-state index is 0.00166. The molecule has 1 heterocycles. The lowest BCUT2D eigenvalue weighted by molar-refractivity contribution is -0.116. The van der Waals surface area contributed by atoms with Crippen LogP contribution in [0.2, 0.25) is 0 Å². The monoisotopic (exact) mass is 273 g/mol. The summed E-state index contributed by atoms with van der Waals surface area (Å²) in [6, 6.07) is 6.01. The van der Waals surface area contributed by atoms with E-state index in [-0.39, 0.29) is 11.3 Å². The van der Waals surface area contributed by atoms with Gasteiger partial charge in [0, 0.05) is 31.6 Å². The van der Waals surface area contributed by atoms with Crippen LogP contribution in [0.5, 0.6) is 0 Å². The van der Waals surface area contributed by atoms with E-state index in [2.05, 4.69) is 38.3 Å². The van der Waals surface area contributed by atoms with E-state index >= 15 is 0 Å². The number of aromatic nitrogens is 2. The first-order valence-corrected chi connectivity index (χ1v) is 7.00. The smallest absolute Gasteiger partial charge is 0.223 e. The van der Waals surface area contributed by atoms with Gasteiger partial charge in [0.1, 0.15) is 5.82 Å². The van der Waals surface area contributed by atoms with Crippen LogP contribution in [0.1, 0.15) is 40.4 Å². The van der Waals surface area contributed by atoms with E-state index in [0.717, 1.165) is 29.1 Å². The molecule has 2 aromatic rings. The van der Waals surface area contributed by atoms with E-state index in [1.54, 1.807) is 18.9 Å². The molecule has 0 atom stereocenters. The molecule has 0 spiro atoms. The maximum Gasteiger partial charge on any atom is 0.223 e. The molecule has 0 radical (unpaired) electrons. The van der Waals surface area contributed by atoms with Crippen molar-refractivity contribution in [2.45, 2.75) is 46.6 Å². The van der Waals surface area contributed by atoms with Gasteiger partial charge in [0.2, 0.25) is 5.91 Å². The molecule has 2 rings (SSSR count). The molecule has 0 aliphatic carbocycles. The molecule has 0 saturated heterocycles. The molecular formula is C16H23N3O. The Bertz CT molecular complexity index is 650. The number of benzene rings is 1. The van der Waals surface area contributed by atoms with E-state index in [1.165, 1.54) is 0 Å². The number of fused-ring (bicyclic) bond motifs is 1. The standard InChI is InChI=1S/C16H23N3O/c1-7-19-14-9-8-12(18(6)11(2)20)10-13(14)17-15(19)16(3,4)5/h8-10H,7H2,1-6H3. The van der Waals surface area contributed by atoms with Crippen molar-refractivity contribution in [2.75, 3.05) is 11.9 Å². The third-order valence-corrected chi connectivity index (χ3v) is 3.58. The van der Waals surface area contributed by atoms with Gasteiger partial charge in [0.15, 0.2) is 0 Å². The summed E-state index contributed by atoms with van der Waals surface area (Å²) >= 11 is 0. The Labute approximate surface area is 120 Å². The average Bonchev–Trinajstić information content (AvgIpc) is 2.74. The molecule has 20 heavy (non-hydrogen) atoms. The van der Waals surface area contributed by atoms with E-state index in [9.17, 15) is 4.79 Å². The summed E-state index contributed by atoms with van der Waals surface area (Å²) in [4.78, 5) is 17.9. The summed E-state index contributed by atoms with van der Waals surface area (Å²) in [6.45, 7) is 11.1. The molecule has 0 N–H and O–H groups in total. The van der Waals surface area contributed by atoms with Gasteiger partial charge in [-0.25, -0.2) is 4.98 Å². The van der Waals surface area contributed by atoms with Gasteiger partial charge in [-0.15, -0.1) is 0 Å². The third kappa shape index (κ3) is 2.42. The van der Waals surface area contributed by atoms with Crippen LogP contribution in [0.3, 0.4) is 0 Å². The molecule has 0 fully saturated rings. The molecule has 1 aromatic heterocycles. The Hall–Kier alpha value is -1.84. The number of hydrogen-bond acceptors (Lipinski definition) is 2. The molecule has 0 saturated carbocycles. The lowest BCUT2D eigenvalue weighted by atomic mass is 9.96. The zero-order valence-electron chi connectivity index (χ0n) is 13.2. The molecule has 4 nitrogen and oxygen atoms in total. The molecule has 1 aromatic carbocycles. The number of nitrogens with zero attached hydrogens (tertiary/aromatic N) is 3. The van der Waals surface area contributed by atoms with Crippen LogP contribution in [0.4, 0.5) is 5.69 Å². The normalized spacial score (nSPS) is 11.9. The number of amides is 1. The van der Waals surface area contributed by atoms with Crippen LogP contribution in [0, 0.1) is 0 Å². The summed E-state index contributed by atoms with van der Waals surface area (Å²) in [7, 11) is 1.78. The third-order valence-electron chi connectivity index (χ3n) is 3.58. The van der Waals surface area contributed by atoms with Crippen molar-refractivity contribution in [2.24, 2.45) is 0 Å². The number of anilines is 1. The number of hydrogen-bond donors (Lipinski definition) is 0. The molecule has 0 aliphatic heterocycles. The van der Waals surface area contributed by atoms with Crippen LogP contribution in [-0.2, 0) is 16.8 Å². The highest BCUT2D eigenvalue weighted by molar-refractivity contribution is 5.93. The van der Waals surface area contributed by atoms with Crippen LogP contribution < -0.4 is 4.90 Å². The Morgan fingerprint density at radius 2 is 2.00 bits per heavy atom. The summed E-state index contributed by atoms with van der Waals surface area (Å²) < 4.78 is 2.24. The fraction of sp³-hybridized carbons (Fsp3) is 0.500. The summed E-state index contributed by atoms with van der Waals surface area (Å²) in [5, 5.41) is 0. The van der Waals surface area contributed by atoms with Crippen molar-refractivity contribution in [1.82, 2.24) is 9.55 Å². The van der Waals surface area contributed by atoms with Crippen molar-refractivity contribution in [1.29, 1.82) is 0 Å². The molecule has 4 heteroatoms. The molecule has 0 unspecified atom stereocenters. The van der Waals surface area contributed by atoms with E-state index in [1.807, 2.05) is 12.1 Å². The van der Waals surface area contributed by atoms with E-state index in [0.29, 0.717) is 0 Å². The van der Waals surface area contributed by atoms with Crippen molar-refractivity contribution in [3.8, 4) is 0 Å². The van der Waals surface area contributed by atoms with Gasteiger partial charge < -0.3 is 9.47 Å². The molecule has 1 amide bonds. The van der Waals surface area contributed by atoms with Gasteiger partial charge in [-0.1, -0.05) is 20.8 Å². The quantitative estimate of drug-likeness (QED) is 0.841. The van der Waals surface area contributed by atoms with Crippen molar-refractivity contribution < 1.29 is 4.79 Å². The Kier molecular flexibility index (Phi) is 3.59. The largest absolute Gasteiger partial charge is 0.328 e. The number of imidazole rings is 1. The summed E-state index contributed by atoms with van der Waals surface area (Å²) in [5.41, 5.74) is 2.95. The predicted octanol–water partition coefficient (Wildman–Crippen LogP) is 3.34. The Balaban J connectivity index is 2.63. The maximum atomic E-state index is 11.5. The second-order valence-electron chi connectivity index (χ2n) is 6.18. The average molecular weight is 273 g/mol. The lowest BCUT2D eigenvalue weighted by Gasteiger charge is -2.19. The topological polar surface area (TPSA) is 38.1 Å². The van der Waals surface area contributed by atoms with E-state index in [4.69, 9.17) is 4.98 Å². The van der Waals surface area contributed by atoms with Crippen LogP contribution >= 0.6 is 0 Å². The highest BCUT2D eigenvalue weighted by atomic mass is 16.2. The summed E-state index contributed by atoms with van der Waals surface area (Å²) in [5.74, 6) is 1.10. The van der Waals surface area contributed by atoms with Crippen LogP contribution in [0.15, 0.2) is 18.2 Å². The number of carbonyl (C=O) groups is 1. The Morgan fingerprint density at radius 3 is 2.50 bits per heavy atom. The minimum Gasteiger partial charge on any atom is -0.328 e. The van der Waals surface area contributed by atoms with Gasteiger partial charge in [-0.2, -0.15) is 0 Å². The number of carbonyl (C=O) groups excluding carboxylic acids is 1. The van der Waals surface area contributed by atoms with Gasteiger partial charge in [-0.3, -0.25) is 4.79 Å². The first kappa shape index (κ1) is 14.6. The maximum absolute atomic E-state index is 11.5. The molecule has 0 bridgehead atoms. The van der Waals surface area contributed by atoms with Crippen molar-refractivity contribution in [3.63, 3.8) is 0 Å². The first-order valence-electron chi connectivity index (χ1n) is 7.00. The van der Waals surface area contributed by atoms with Crippen LogP contribution in [-0.4, -0.2) is 22.5 Å². The summed E-state index contributed by atoms with van der Waals surface area (Å²) in [6.07, 6.45) is 0. The second kappa shape index (κ2) is 4.93. The zero-order valence-corrected chi connectivity index (χ0v) is 13.2. The first-order chi connectivity index (χ1) is 9.25. The fourth-order valence-electron chi connectivity index (χ4n) is 2.40. The molecule has 0 aliphatic rings. The number of rotatable bonds is 2. The minimum absolute atomic E-state index is 0.00166.